The molecule has 0 amide bonds. The summed E-state index contributed by atoms with van der Waals surface area (Å²) < 4.78 is 0. The number of hydrogen-bond acceptors (Lipinski definition) is 4. The van der Waals surface area contributed by atoms with Gasteiger partial charge in [-0.3, -0.25) is 0 Å². The van der Waals surface area contributed by atoms with E-state index < -0.39 is 0 Å². The van der Waals surface area contributed by atoms with Crippen LogP contribution in [0.1, 0.15) is 62.4 Å². The normalized spacial score (nSPS) is 13.1. The van der Waals surface area contributed by atoms with E-state index in [0.717, 1.165) is 107 Å². The first kappa shape index (κ1) is 31.0. The summed E-state index contributed by atoms with van der Waals surface area (Å²) in [6, 6.07) is 33.6. The largest absolute Gasteiger partial charge is 0.364 e. The van der Waals surface area contributed by atoms with Gasteiger partial charge in [0.2, 0.25) is 0 Å². The van der Waals surface area contributed by atoms with Gasteiger partial charge >= 0.3 is 0 Å². The molecule has 5 N–H and O–H groups in total. The highest BCUT2D eigenvalue weighted by molar-refractivity contribution is 5.86. The standard InChI is InChI=1S/C46H33N9/c1-3-32-21-36-9-11-40(52-36)25-45-28(16-42(54-45)23-38-7-5-34(50-38)19-30(1)48-32)15-27-13-14-47-44(27)18-29-17-43-24-39-8-6-35(51-39)20-31-2-4-33(49-31)22-37-10-12-41(53-37)26-46(29)55-43/h1-14,16-17,19-26,47-50,55H,15,18H2. The number of aromatic nitrogens is 9. The van der Waals surface area contributed by atoms with Gasteiger partial charge in [0.1, 0.15) is 0 Å². The molecule has 9 nitrogen and oxygen atoms in total. The summed E-state index contributed by atoms with van der Waals surface area (Å²) in [5.41, 5.74) is 19.9. The molecule has 7 aromatic heterocycles. The van der Waals surface area contributed by atoms with Crippen LogP contribution in [-0.4, -0.2) is 44.9 Å². The third-order valence-corrected chi connectivity index (χ3v) is 10.2. The molecule has 4 aliphatic heterocycles. The maximum Gasteiger partial charge on any atom is 0.0694 e. The smallest absolute Gasteiger partial charge is 0.0694 e. The number of nitrogens with one attached hydrogen (secondary N) is 5. The Morgan fingerprint density at radius 2 is 0.873 bits per heavy atom. The fraction of sp³-hybridized carbons (Fsp3) is 0.0435. The van der Waals surface area contributed by atoms with Crippen molar-refractivity contribution < 1.29 is 0 Å². The lowest BCUT2D eigenvalue weighted by Crippen LogP contribution is -1.96. The second kappa shape index (κ2) is 12.6. The highest BCUT2D eigenvalue weighted by Gasteiger charge is 2.16. The van der Waals surface area contributed by atoms with E-state index in [9.17, 15) is 0 Å². The first-order valence-electron chi connectivity index (χ1n) is 18.4. The predicted octanol–water partition coefficient (Wildman–Crippen LogP) is 10.2. The molecule has 0 saturated carbocycles. The number of rotatable bonds is 4. The first-order chi connectivity index (χ1) is 27.0. The van der Waals surface area contributed by atoms with Crippen LogP contribution in [0.2, 0.25) is 0 Å². The summed E-state index contributed by atoms with van der Waals surface area (Å²) in [7, 11) is 0. The zero-order chi connectivity index (χ0) is 36.3. The van der Waals surface area contributed by atoms with Crippen LogP contribution in [0.4, 0.5) is 0 Å². The minimum absolute atomic E-state index is 0.703. The van der Waals surface area contributed by atoms with E-state index in [1.807, 2.05) is 18.3 Å². The quantitative estimate of drug-likeness (QED) is 0.124. The second-order valence-corrected chi connectivity index (χ2v) is 14.2. The van der Waals surface area contributed by atoms with E-state index in [4.69, 9.17) is 19.9 Å². The highest BCUT2D eigenvalue weighted by Crippen LogP contribution is 2.30. The van der Waals surface area contributed by atoms with Crippen LogP contribution in [0.15, 0.2) is 103 Å². The number of fused-ring (bicyclic) bond motifs is 16. The Kier molecular flexibility index (Phi) is 7.09. The van der Waals surface area contributed by atoms with Crippen molar-refractivity contribution in [3.63, 3.8) is 0 Å². The lowest BCUT2D eigenvalue weighted by atomic mass is 10.00. The second-order valence-electron chi connectivity index (χ2n) is 14.2. The summed E-state index contributed by atoms with van der Waals surface area (Å²) in [6.45, 7) is 0. The number of allylic oxidation sites excluding steroid dienone is 1. The van der Waals surface area contributed by atoms with Gasteiger partial charge < -0.3 is 24.9 Å². The van der Waals surface area contributed by atoms with E-state index in [1.165, 1.54) is 5.56 Å². The molecule has 7 aromatic rings. The van der Waals surface area contributed by atoms with Crippen LogP contribution in [0.5, 0.6) is 0 Å². The van der Waals surface area contributed by atoms with E-state index in [1.54, 1.807) is 0 Å². The van der Waals surface area contributed by atoms with Crippen molar-refractivity contribution in [2.24, 2.45) is 0 Å². The third kappa shape index (κ3) is 6.34. The molecule has 262 valence electrons. The van der Waals surface area contributed by atoms with Crippen molar-refractivity contribution in [1.29, 1.82) is 0 Å². The summed E-state index contributed by atoms with van der Waals surface area (Å²) in [6.07, 6.45) is 17.9. The number of H-pyrrole nitrogens is 5. The summed E-state index contributed by atoms with van der Waals surface area (Å²) in [5.74, 6) is 0. The molecule has 4 aliphatic rings. The molecule has 0 fully saturated rings. The molecular weight excluding hydrogens is 679 g/mol. The molecule has 0 unspecified atom stereocenters. The summed E-state index contributed by atoms with van der Waals surface area (Å²) in [4.78, 5) is 37.4. The maximum absolute atomic E-state index is 5.11. The van der Waals surface area contributed by atoms with E-state index in [2.05, 4.69) is 152 Å². The van der Waals surface area contributed by atoms with Crippen molar-refractivity contribution in [3.8, 4) is 0 Å². The van der Waals surface area contributed by atoms with Gasteiger partial charge in [-0.2, -0.15) is 0 Å². The highest BCUT2D eigenvalue weighted by atomic mass is 14.8. The number of aromatic amines is 5. The van der Waals surface area contributed by atoms with Gasteiger partial charge in [-0.05, 0) is 156 Å². The average molecular weight is 712 g/mol. The van der Waals surface area contributed by atoms with Gasteiger partial charge in [-0.1, -0.05) is 0 Å². The molecule has 0 aromatic carbocycles. The van der Waals surface area contributed by atoms with Gasteiger partial charge in [0, 0.05) is 68.9 Å². The van der Waals surface area contributed by atoms with Gasteiger partial charge in [0.25, 0.3) is 0 Å². The van der Waals surface area contributed by atoms with E-state index >= 15 is 0 Å². The van der Waals surface area contributed by atoms with Gasteiger partial charge in [-0.25, -0.2) is 19.9 Å². The van der Waals surface area contributed by atoms with Crippen molar-refractivity contribution >= 4 is 92.2 Å². The van der Waals surface area contributed by atoms with Crippen LogP contribution < -0.4 is 0 Å². The molecular formula is C46H33N9. The molecule has 16 bridgehead atoms. The molecule has 0 spiro atoms. The molecule has 55 heavy (non-hydrogen) atoms. The van der Waals surface area contributed by atoms with Crippen LogP contribution in [0.25, 0.3) is 92.2 Å². The molecule has 11 rings (SSSR count). The molecule has 0 saturated heterocycles. The SMILES string of the molecule is C1=Cc2cc3ccc(cc4ccc(cc5nc(cc1n2)C(Cc1cc[nH]c1Cc1cc2cc6nc(cc7ccc(cc8nc(cc1[nH]2)C=C8)[nH]7)C=C6)=C5)[nH]4)[nH]3. The van der Waals surface area contributed by atoms with Gasteiger partial charge in [0.15, 0.2) is 0 Å². The Morgan fingerprint density at radius 1 is 0.382 bits per heavy atom. The predicted molar refractivity (Wildman–Crippen MR) is 224 cm³/mol. The Labute approximate surface area is 314 Å². The number of nitrogens with zero attached hydrogens (tertiary/aromatic N) is 4. The van der Waals surface area contributed by atoms with Crippen molar-refractivity contribution in [2.45, 2.75) is 12.8 Å². The minimum Gasteiger partial charge on any atom is -0.364 e. The van der Waals surface area contributed by atoms with E-state index in [0.29, 0.717) is 12.8 Å². The topological polar surface area (TPSA) is 131 Å². The van der Waals surface area contributed by atoms with Crippen LogP contribution in [-0.2, 0) is 12.8 Å². The molecule has 9 heteroatoms. The zero-order valence-corrected chi connectivity index (χ0v) is 29.6. The van der Waals surface area contributed by atoms with Crippen molar-refractivity contribution in [3.05, 3.63) is 166 Å². The first-order valence-corrected chi connectivity index (χ1v) is 18.4. The van der Waals surface area contributed by atoms with Crippen LogP contribution >= 0.6 is 0 Å². The molecule has 11 heterocycles. The van der Waals surface area contributed by atoms with Gasteiger partial charge in [-0.15, -0.1) is 0 Å². The van der Waals surface area contributed by atoms with Gasteiger partial charge in [0.05, 0.1) is 45.6 Å². The minimum atomic E-state index is 0.703. The van der Waals surface area contributed by atoms with Crippen LogP contribution in [0.3, 0.4) is 0 Å². The van der Waals surface area contributed by atoms with Crippen molar-refractivity contribution in [2.75, 3.05) is 0 Å². The molecule has 0 radical (unpaired) electrons. The Hall–Kier alpha value is -7.52. The maximum atomic E-state index is 5.11. The fourth-order valence-corrected chi connectivity index (χ4v) is 7.60. The van der Waals surface area contributed by atoms with Crippen molar-refractivity contribution in [1.82, 2.24) is 44.9 Å². The Balaban J connectivity index is 0.986. The van der Waals surface area contributed by atoms with E-state index in [-0.39, 0.29) is 0 Å². The summed E-state index contributed by atoms with van der Waals surface area (Å²) >= 11 is 0. The number of hydrogen-bond donors (Lipinski definition) is 5. The average Bonchev–Trinajstić information content (AvgIpc) is 4.00. The monoisotopic (exact) mass is 711 g/mol. The Bertz CT molecular complexity index is 3170. The molecule has 0 aliphatic carbocycles. The fourth-order valence-electron chi connectivity index (χ4n) is 7.60. The Morgan fingerprint density at radius 3 is 1.45 bits per heavy atom. The lowest BCUT2D eigenvalue weighted by Gasteiger charge is -2.05. The van der Waals surface area contributed by atoms with Crippen LogP contribution in [0, 0.1) is 0 Å². The summed E-state index contributed by atoms with van der Waals surface area (Å²) in [5, 5.41) is 0. The third-order valence-electron chi connectivity index (χ3n) is 10.2. The lowest BCUT2D eigenvalue weighted by molar-refractivity contribution is 1.08. The molecule has 0 atom stereocenters. The zero-order valence-electron chi connectivity index (χ0n) is 29.6.